The molecule has 3 rings (SSSR count). The van der Waals surface area contributed by atoms with Gasteiger partial charge < -0.3 is 19.5 Å². The fourth-order valence-corrected chi connectivity index (χ4v) is 4.17. The van der Waals surface area contributed by atoms with Crippen LogP contribution in [0.3, 0.4) is 0 Å². The maximum absolute atomic E-state index is 11.9. The third-order valence-corrected chi connectivity index (χ3v) is 5.76. The molecule has 0 aromatic carbocycles. The van der Waals surface area contributed by atoms with Gasteiger partial charge in [-0.25, -0.2) is 0 Å². The standard InChI is InChI=1S/C21H36N6O2/c1-3-22-21(26-15-11-17(12-16-26)20(28)29-4-2)23-13-8-10-19-25-24-18-9-6-5-7-14-27(18)19/h17H,3-16H2,1-2H3,(H,22,23). The van der Waals surface area contributed by atoms with Gasteiger partial charge in [0.25, 0.3) is 0 Å². The minimum absolute atomic E-state index is 0.0253. The third kappa shape index (κ3) is 5.93. The first-order valence-corrected chi connectivity index (χ1v) is 11.3. The number of aromatic nitrogens is 3. The van der Waals surface area contributed by atoms with E-state index in [0.29, 0.717) is 6.61 Å². The maximum Gasteiger partial charge on any atom is 0.309 e. The Bertz CT molecular complexity index is 679. The van der Waals surface area contributed by atoms with Gasteiger partial charge in [0, 0.05) is 45.6 Å². The van der Waals surface area contributed by atoms with Crippen LogP contribution in [0.4, 0.5) is 0 Å². The Labute approximate surface area is 174 Å². The highest BCUT2D eigenvalue weighted by atomic mass is 16.5. The smallest absolute Gasteiger partial charge is 0.309 e. The molecular formula is C21H36N6O2. The first-order valence-electron chi connectivity index (χ1n) is 11.3. The highest BCUT2D eigenvalue weighted by Gasteiger charge is 2.27. The van der Waals surface area contributed by atoms with E-state index in [4.69, 9.17) is 9.73 Å². The van der Waals surface area contributed by atoms with E-state index in [2.05, 4.69) is 31.9 Å². The van der Waals surface area contributed by atoms with Crippen molar-refractivity contribution >= 4 is 11.9 Å². The average Bonchev–Trinajstić information content (AvgIpc) is 2.96. The summed E-state index contributed by atoms with van der Waals surface area (Å²) in [4.78, 5) is 19.0. The summed E-state index contributed by atoms with van der Waals surface area (Å²) in [6.45, 7) is 8.75. The van der Waals surface area contributed by atoms with Crippen molar-refractivity contribution in [3.63, 3.8) is 0 Å². The number of carbonyl (C=O) groups excluding carboxylic acids is 1. The number of hydrogen-bond acceptors (Lipinski definition) is 5. The van der Waals surface area contributed by atoms with Crippen molar-refractivity contribution in [1.29, 1.82) is 0 Å². The summed E-state index contributed by atoms with van der Waals surface area (Å²) in [5, 5.41) is 12.2. The summed E-state index contributed by atoms with van der Waals surface area (Å²) in [5.74, 6) is 3.19. The SMILES string of the molecule is CCNC(=NCCCc1nnc2n1CCCCC2)N1CCC(C(=O)OCC)CC1. The quantitative estimate of drug-likeness (QED) is 0.325. The van der Waals surface area contributed by atoms with Gasteiger partial charge in [0.2, 0.25) is 0 Å². The summed E-state index contributed by atoms with van der Waals surface area (Å²) in [5.41, 5.74) is 0. The highest BCUT2D eigenvalue weighted by Crippen LogP contribution is 2.19. The molecule has 1 saturated heterocycles. The summed E-state index contributed by atoms with van der Waals surface area (Å²) < 4.78 is 7.49. The van der Waals surface area contributed by atoms with Crippen LogP contribution < -0.4 is 5.32 Å². The van der Waals surface area contributed by atoms with Crippen molar-refractivity contribution in [2.75, 3.05) is 32.8 Å². The largest absolute Gasteiger partial charge is 0.466 e. The predicted octanol–water partition coefficient (Wildman–Crippen LogP) is 2.18. The molecule has 1 N–H and O–H groups in total. The van der Waals surface area contributed by atoms with E-state index < -0.39 is 0 Å². The van der Waals surface area contributed by atoms with E-state index in [1.165, 1.54) is 19.3 Å². The molecule has 0 atom stereocenters. The molecule has 0 bridgehead atoms. The van der Waals surface area contributed by atoms with Gasteiger partial charge >= 0.3 is 5.97 Å². The Morgan fingerprint density at radius 2 is 2.00 bits per heavy atom. The Hall–Kier alpha value is -2.12. The molecule has 2 aliphatic rings. The fraction of sp³-hybridized carbons (Fsp3) is 0.810. The van der Waals surface area contributed by atoms with Crippen LogP contribution in [0.2, 0.25) is 0 Å². The average molecular weight is 405 g/mol. The van der Waals surface area contributed by atoms with Gasteiger partial charge in [0.15, 0.2) is 5.96 Å². The zero-order valence-corrected chi connectivity index (χ0v) is 18.0. The number of nitrogens with zero attached hydrogens (tertiary/aromatic N) is 5. The van der Waals surface area contributed by atoms with E-state index >= 15 is 0 Å². The number of likely N-dealkylation sites (tertiary alicyclic amines) is 1. The number of aliphatic imine (C=N–C) groups is 1. The molecule has 0 amide bonds. The summed E-state index contributed by atoms with van der Waals surface area (Å²) in [6.07, 6.45) is 8.32. The first kappa shape index (κ1) is 21.6. The molecule has 0 radical (unpaired) electrons. The molecule has 29 heavy (non-hydrogen) atoms. The van der Waals surface area contributed by atoms with Gasteiger partial charge in [-0.3, -0.25) is 9.79 Å². The Morgan fingerprint density at radius 1 is 1.17 bits per heavy atom. The van der Waals surface area contributed by atoms with Gasteiger partial charge in [-0.15, -0.1) is 10.2 Å². The van der Waals surface area contributed by atoms with Crippen LogP contribution in [-0.4, -0.2) is 64.4 Å². The van der Waals surface area contributed by atoms with Gasteiger partial charge in [0.05, 0.1) is 12.5 Å². The molecule has 8 heteroatoms. The van der Waals surface area contributed by atoms with E-state index in [1.54, 1.807) is 0 Å². The van der Waals surface area contributed by atoms with Crippen molar-refractivity contribution in [3.05, 3.63) is 11.6 Å². The number of carbonyl (C=O) groups is 1. The molecule has 2 aliphatic heterocycles. The second-order valence-corrected chi connectivity index (χ2v) is 7.85. The van der Waals surface area contributed by atoms with Crippen molar-refractivity contribution < 1.29 is 9.53 Å². The summed E-state index contributed by atoms with van der Waals surface area (Å²) in [6, 6.07) is 0. The molecule has 162 valence electrons. The van der Waals surface area contributed by atoms with Gasteiger partial charge in [0.1, 0.15) is 11.6 Å². The van der Waals surface area contributed by atoms with E-state index in [-0.39, 0.29) is 11.9 Å². The topological polar surface area (TPSA) is 84.6 Å². The van der Waals surface area contributed by atoms with Gasteiger partial charge in [-0.05, 0) is 46.0 Å². The second kappa shape index (κ2) is 11.2. The lowest BCUT2D eigenvalue weighted by Crippen LogP contribution is -2.46. The number of piperidine rings is 1. The number of ether oxygens (including phenoxy) is 1. The van der Waals surface area contributed by atoms with Crippen molar-refractivity contribution in [2.24, 2.45) is 10.9 Å². The van der Waals surface area contributed by atoms with Crippen LogP contribution in [0.5, 0.6) is 0 Å². The molecular weight excluding hydrogens is 368 g/mol. The molecule has 0 unspecified atom stereocenters. The number of rotatable bonds is 7. The zero-order chi connectivity index (χ0) is 20.5. The number of esters is 1. The fourth-order valence-electron chi connectivity index (χ4n) is 4.17. The molecule has 3 heterocycles. The lowest BCUT2D eigenvalue weighted by Gasteiger charge is -2.33. The zero-order valence-electron chi connectivity index (χ0n) is 18.0. The van der Waals surface area contributed by atoms with Crippen molar-refractivity contribution in [3.8, 4) is 0 Å². The van der Waals surface area contributed by atoms with Crippen LogP contribution in [0, 0.1) is 5.92 Å². The second-order valence-electron chi connectivity index (χ2n) is 7.85. The lowest BCUT2D eigenvalue weighted by molar-refractivity contribution is -0.149. The van der Waals surface area contributed by atoms with Crippen LogP contribution in [0.1, 0.15) is 64.0 Å². The molecule has 1 fully saturated rings. The minimum Gasteiger partial charge on any atom is -0.466 e. The number of hydrogen-bond donors (Lipinski definition) is 1. The molecule has 0 saturated carbocycles. The van der Waals surface area contributed by atoms with Crippen LogP contribution >= 0.6 is 0 Å². The minimum atomic E-state index is -0.0541. The third-order valence-electron chi connectivity index (χ3n) is 5.76. The Morgan fingerprint density at radius 3 is 2.76 bits per heavy atom. The van der Waals surface area contributed by atoms with Crippen molar-refractivity contribution in [2.45, 2.75) is 71.8 Å². The maximum atomic E-state index is 11.9. The number of fused-ring (bicyclic) bond motifs is 1. The van der Waals surface area contributed by atoms with Gasteiger partial charge in [-0.2, -0.15) is 0 Å². The monoisotopic (exact) mass is 404 g/mol. The highest BCUT2D eigenvalue weighted by molar-refractivity contribution is 5.80. The molecule has 1 aromatic heterocycles. The Kier molecular flexibility index (Phi) is 8.31. The van der Waals surface area contributed by atoms with E-state index in [9.17, 15) is 4.79 Å². The van der Waals surface area contributed by atoms with Crippen LogP contribution in [-0.2, 0) is 28.9 Å². The molecule has 8 nitrogen and oxygen atoms in total. The Balaban J connectivity index is 1.49. The van der Waals surface area contributed by atoms with Crippen LogP contribution in [0.15, 0.2) is 4.99 Å². The normalized spacial score (nSPS) is 18.3. The number of aryl methyl sites for hydroxylation is 2. The van der Waals surface area contributed by atoms with E-state index in [0.717, 1.165) is 82.4 Å². The van der Waals surface area contributed by atoms with Crippen LogP contribution in [0.25, 0.3) is 0 Å². The lowest BCUT2D eigenvalue weighted by atomic mass is 9.97. The predicted molar refractivity (Wildman–Crippen MR) is 113 cm³/mol. The van der Waals surface area contributed by atoms with Crippen molar-refractivity contribution in [1.82, 2.24) is 25.0 Å². The number of guanidine groups is 1. The number of nitrogens with one attached hydrogen (secondary N) is 1. The van der Waals surface area contributed by atoms with E-state index in [1.807, 2.05) is 6.92 Å². The first-order chi connectivity index (χ1) is 14.2. The summed E-state index contributed by atoms with van der Waals surface area (Å²) in [7, 11) is 0. The van der Waals surface area contributed by atoms with Gasteiger partial charge in [-0.1, -0.05) is 6.42 Å². The molecule has 0 spiro atoms. The molecule has 0 aliphatic carbocycles. The summed E-state index contributed by atoms with van der Waals surface area (Å²) >= 11 is 0. The molecule has 1 aromatic rings.